The third kappa shape index (κ3) is 4.23. The number of halogens is 4. The van der Waals surface area contributed by atoms with Crippen LogP contribution in [0.4, 0.5) is 13.2 Å². The van der Waals surface area contributed by atoms with Crippen LogP contribution in [0, 0.1) is 5.92 Å². The van der Waals surface area contributed by atoms with Gasteiger partial charge in [-0.15, -0.1) is 0 Å². The lowest BCUT2D eigenvalue weighted by atomic mass is 9.85. The van der Waals surface area contributed by atoms with Gasteiger partial charge >= 0.3 is 6.18 Å². The lowest BCUT2D eigenvalue weighted by Gasteiger charge is -2.41. The van der Waals surface area contributed by atoms with Crippen molar-refractivity contribution < 1.29 is 17.9 Å². The molecule has 2 aliphatic rings. The largest absolute Gasteiger partial charge is 0.416 e. The van der Waals surface area contributed by atoms with Gasteiger partial charge in [-0.3, -0.25) is 4.90 Å². The standard InChI is InChI=1S/C17H22ClF3N2O/c18-15-10-13(9-14(11-15)17(19,20)21)16(12-1-7-24-8-2-12)23-5-3-22-4-6-23/h9-12,16,22H,1-8H2/t16-/m0/s1. The van der Waals surface area contributed by atoms with E-state index in [0.29, 0.717) is 18.8 Å². The first-order valence-corrected chi connectivity index (χ1v) is 8.73. The summed E-state index contributed by atoms with van der Waals surface area (Å²) < 4.78 is 45.0. The van der Waals surface area contributed by atoms with Gasteiger partial charge in [-0.05, 0) is 42.5 Å². The maximum Gasteiger partial charge on any atom is 0.416 e. The predicted molar refractivity (Wildman–Crippen MR) is 87.2 cm³/mol. The van der Waals surface area contributed by atoms with Crippen molar-refractivity contribution in [3.63, 3.8) is 0 Å². The Morgan fingerprint density at radius 3 is 2.42 bits per heavy atom. The third-order valence-electron chi connectivity index (χ3n) is 4.85. The molecule has 0 aliphatic carbocycles. The van der Waals surface area contributed by atoms with Gasteiger partial charge in [0, 0.05) is 50.5 Å². The minimum Gasteiger partial charge on any atom is -0.381 e. The summed E-state index contributed by atoms with van der Waals surface area (Å²) in [5.74, 6) is 0.288. The Morgan fingerprint density at radius 2 is 1.79 bits per heavy atom. The van der Waals surface area contributed by atoms with Gasteiger partial charge in [0.15, 0.2) is 0 Å². The van der Waals surface area contributed by atoms with Crippen molar-refractivity contribution in [3.8, 4) is 0 Å². The van der Waals surface area contributed by atoms with E-state index in [1.807, 2.05) is 0 Å². The maximum absolute atomic E-state index is 13.2. The summed E-state index contributed by atoms with van der Waals surface area (Å²) >= 11 is 6.02. The first kappa shape index (κ1) is 18.0. The average Bonchev–Trinajstić information content (AvgIpc) is 2.56. The van der Waals surface area contributed by atoms with E-state index >= 15 is 0 Å². The molecule has 1 aromatic carbocycles. The highest BCUT2D eigenvalue weighted by atomic mass is 35.5. The molecule has 7 heteroatoms. The van der Waals surface area contributed by atoms with Crippen LogP contribution in [0.3, 0.4) is 0 Å². The number of alkyl halides is 3. The molecule has 0 bridgehead atoms. The Hall–Kier alpha value is -0.820. The van der Waals surface area contributed by atoms with E-state index in [4.69, 9.17) is 16.3 Å². The van der Waals surface area contributed by atoms with E-state index in [0.717, 1.165) is 45.1 Å². The number of rotatable bonds is 3. The van der Waals surface area contributed by atoms with Gasteiger partial charge in [-0.25, -0.2) is 0 Å². The number of hydrogen-bond acceptors (Lipinski definition) is 3. The van der Waals surface area contributed by atoms with Gasteiger partial charge in [0.25, 0.3) is 0 Å². The second kappa shape index (κ2) is 7.60. The summed E-state index contributed by atoms with van der Waals surface area (Å²) in [6.45, 7) is 4.70. The molecule has 1 aromatic rings. The summed E-state index contributed by atoms with van der Waals surface area (Å²) in [4.78, 5) is 2.29. The number of hydrogen-bond donors (Lipinski definition) is 1. The molecule has 2 heterocycles. The topological polar surface area (TPSA) is 24.5 Å². The monoisotopic (exact) mass is 362 g/mol. The fourth-order valence-corrected chi connectivity index (χ4v) is 3.96. The number of nitrogens with zero attached hydrogens (tertiary/aromatic N) is 1. The predicted octanol–water partition coefficient (Wildman–Crippen LogP) is 3.73. The van der Waals surface area contributed by atoms with Crippen molar-refractivity contribution in [1.82, 2.24) is 10.2 Å². The normalized spacial score (nSPS) is 22.5. The second-order valence-electron chi connectivity index (χ2n) is 6.45. The minimum atomic E-state index is -4.39. The van der Waals surface area contributed by atoms with E-state index in [1.54, 1.807) is 6.07 Å². The molecule has 0 amide bonds. The van der Waals surface area contributed by atoms with Gasteiger partial charge in [-0.2, -0.15) is 13.2 Å². The van der Waals surface area contributed by atoms with Crippen LogP contribution in [0.5, 0.6) is 0 Å². The number of piperazine rings is 1. The zero-order valence-electron chi connectivity index (χ0n) is 13.4. The van der Waals surface area contributed by atoms with Crippen LogP contribution >= 0.6 is 11.6 Å². The fraction of sp³-hybridized carbons (Fsp3) is 0.647. The van der Waals surface area contributed by atoms with Crippen LogP contribution in [-0.2, 0) is 10.9 Å². The summed E-state index contributed by atoms with van der Waals surface area (Å²) in [6, 6.07) is 3.92. The van der Waals surface area contributed by atoms with Crippen molar-refractivity contribution in [3.05, 3.63) is 34.3 Å². The Kier molecular flexibility index (Phi) is 5.70. The van der Waals surface area contributed by atoms with Crippen LogP contribution in [0.2, 0.25) is 5.02 Å². The van der Waals surface area contributed by atoms with Gasteiger partial charge in [0.05, 0.1) is 5.56 Å². The number of benzene rings is 1. The van der Waals surface area contributed by atoms with E-state index < -0.39 is 11.7 Å². The molecule has 3 nitrogen and oxygen atoms in total. The van der Waals surface area contributed by atoms with Gasteiger partial charge in [-0.1, -0.05) is 11.6 Å². The molecular weight excluding hydrogens is 341 g/mol. The first-order valence-electron chi connectivity index (χ1n) is 8.35. The Morgan fingerprint density at radius 1 is 1.12 bits per heavy atom. The van der Waals surface area contributed by atoms with Crippen LogP contribution in [0.25, 0.3) is 0 Å². The molecule has 24 heavy (non-hydrogen) atoms. The van der Waals surface area contributed by atoms with Crippen LogP contribution < -0.4 is 5.32 Å². The SMILES string of the molecule is FC(F)(F)c1cc(Cl)cc([C@H](C2CCOCC2)N2CCNCC2)c1. The van der Waals surface area contributed by atoms with Crippen molar-refractivity contribution in [2.75, 3.05) is 39.4 Å². The summed E-state index contributed by atoms with van der Waals surface area (Å²) in [7, 11) is 0. The Labute approximate surface area is 145 Å². The van der Waals surface area contributed by atoms with E-state index in [2.05, 4.69) is 10.2 Å². The smallest absolute Gasteiger partial charge is 0.381 e. The van der Waals surface area contributed by atoms with Crippen LogP contribution in [-0.4, -0.2) is 44.3 Å². The zero-order valence-corrected chi connectivity index (χ0v) is 14.2. The number of nitrogens with one attached hydrogen (secondary N) is 1. The lowest BCUT2D eigenvalue weighted by Crippen LogP contribution is -2.47. The Balaban J connectivity index is 1.96. The van der Waals surface area contributed by atoms with E-state index in [1.165, 1.54) is 6.07 Å². The molecule has 3 rings (SSSR count). The molecular formula is C17H22ClF3N2O. The summed E-state index contributed by atoms with van der Waals surface area (Å²) in [6.07, 6.45) is -2.66. The molecule has 2 aliphatic heterocycles. The zero-order chi connectivity index (χ0) is 17.2. The van der Waals surface area contributed by atoms with Crippen LogP contribution in [0.1, 0.15) is 30.0 Å². The minimum absolute atomic E-state index is 0.0456. The van der Waals surface area contributed by atoms with Crippen molar-refractivity contribution >= 4 is 11.6 Å². The quantitative estimate of drug-likeness (QED) is 0.886. The molecule has 0 radical (unpaired) electrons. The highest BCUT2D eigenvalue weighted by molar-refractivity contribution is 6.30. The lowest BCUT2D eigenvalue weighted by molar-refractivity contribution is -0.137. The van der Waals surface area contributed by atoms with Gasteiger partial charge < -0.3 is 10.1 Å². The molecule has 134 valence electrons. The molecule has 1 N–H and O–H groups in total. The van der Waals surface area contributed by atoms with Crippen molar-refractivity contribution in [1.29, 1.82) is 0 Å². The molecule has 0 unspecified atom stereocenters. The van der Waals surface area contributed by atoms with E-state index in [-0.39, 0.29) is 17.0 Å². The summed E-state index contributed by atoms with van der Waals surface area (Å²) in [5, 5.41) is 3.44. The Bertz CT molecular complexity index is 537. The highest BCUT2D eigenvalue weighted by Crippen LogP contribution is 2.39. The first-order chi connectivity index (χ1) is 11.4. The van der Waals surface area contributed by atoms with Crippen LogP contribution in [0.15, 0.2) is 18.2 Å². The molecule has 0 aromatic heterocycles. The third-order valence-corrected chi connectivity index (χ3v) is 5.06. The maximum atomic E-state index is 13.2. The van der Waals surface area contributed by atoms with Gasteiger partial charge in [0.2, 0.25) is 0 Å². The average molecular weight is 363 g/mol. The fourth-order valence-electron chi connectivity index (χ4n) is 3.72. The van der Waals surface area contributed by atoms with Crippen molar-refractivity contribution in [2.45, 2.75) is 25.1 Å². The molecule has 0 saturated carbocycles. The molecule has 0 spiro atoms. The van der Waals surface area contributed by atoms with E-state index in [9.17, 15) is 13.2 Å². The molecule has 1 atom stereocenters. The number of ether oxygens (including phenoxy) is 1. The molecule has 2 saturated heterocycles. The van der Waals surface area contributed by atoms with Gasteiger partial charge in [0.1, 0.15) is 0 Å². The van der Waals surface area contributed by atoms with Crippen molar-refractivity contribution in [2.24, 2.45) is 5.92 Å². The molecule has 2 fully saturated rings. The second-order valence-corrected chi connectivity index (χ2v) is 6.89. The summed E-state index contributed by atoms with van der Waals surface area (Å²) in [5.41, 5.74) is 0.000758. The highest BCUT2D eigenvalue weighted by Gasteiger charge is 2.35.